The van der Waals surface area contributed by atoms with Crippen LogP contribution in [0.2, 0.25) is 0 Å². The van der Waals surface area contributed by atoms with Gasteiger partial charge in [0.05, 0.1) is 11.6 Å². The summed E-state index contributed by atoms with van der Waals surface area (Å²) in [6, 6.07) is 10.5. The number of halogens is 2. The number of hydrogen-bond donors (Lipinski definition) is 1. The molecule has 21 heavy (non-hydrogen) atoms. The fourth-order valence-corrected chi connectivity index (χ4v) is 2.37. The second-order valence-electron chi connectivity index (χ2n) is 4.55. The second kappa shape index (κ2) is 7.43. The number of nitrogens with two attached hydrogens (primary N) is 1. The first-order chi connectivity index (χ1) is 10.1. The van der Waals surface area contributed by atoms with Crippen molar-refractivity contribution >= 4 is 15.9 Å². The van der Waals surface area contributed by atoms with Gasteiger partial charge in [0, 0.05) is 6.07 Å². The maximum atomic E-state index is 13.2. The number of benzene rings is 2. The van der Waals surface area contributed by atoms with E-state index in [1.807, 2.05) is 18.2 Å². The van der Waals surface area contributed by atoms with Crippen molar-refractivity contribution in [3.05, 3.63) is 57.8 Å². The molecule has 2 aromatic carbocycles. The summed E-state index contributed by atoms with van der Waals surface area (Å²) in [5.41, 5.74) is 7.52. The van der Waals surface area contributed by atoms with E-state index in [0.717, 1.165) is 29.0 Å². The molecular formula is C16H17BrFNO2. The SMILES string of the molecule is COc1ccc(CCN)c(OCc2ccc(F)c(Br)c2)c1. The average molecular weight is 354 g/mol. The zero-order chi connectivity index (χ0) is 15.2. The van der Waals surface area contributed by atoms with Crippen LogP contribution in [0.25, 0.3) is 0 Å². The molecule has 0 aromatic heterocycles. The zero-order valence-corrected chi connectivity index (χ0v) is 13.3. The van der Waals surface area contributed by atoms with Crippen LogP contribution in [0.4, 0.5) is 4.39 Å². The standard InChI is InChI=1S/C16H17BrFNO2/c1-20-13-4-3-12(6-7-19)16(9-13)21-10-11-2-5-15(18)14(17)8-11/h2-5,8-9H,6-7,10,19H2,1H3. The molecule has 0 saturated heterocycles. The lowest BCUT2D eigenvalue weighted by atomic mass is 10.1. The molecule has 112 valence electrons. The Morgan fingerprint density at radius 3 is 2.67 bits per heavy atom. The molecule has 0 aliphatic heterocycles. The van der Waals surface area contributed by atoms with Gasteiger partial charge in [0.1, 0.15) is 23.9 Å². The molecule has 0 radical (unpaired) electrons. The van der Waals surface area contributed by atoms with Crippen LogP contribution in [0.5, 0.6) is 11.5 Å². The van der Waals surface area contributed by atoms with Crippen LogP contribution in [0.1, 0.15) is 11.1 Å². The molecule has 2 N–H and O–H groups in total. The molecule has 3 nitrogen and oxygen atoms in total. The van der Waals surface area contributed by atoms with Gasteiger partial charge in [0.15, 0.2) is 0 Å². The summed E-state index contributed by atoms with van der Waals surface area (Å²) >= 11 is 3.17. The topological polar surface area (TPSA) is 44.5 Å². The minimum Gasteiger partial charge on any atom is -0.497 e. The van der Waals surface area contributed by atoms with Gasteiger partial charge in [-0.15, -0.1) is 0 Å². The van der Waals surface area contributed by atoms with Gasteiger partial charge in [0.2, 0.25) is 0 Å². The molecule has 0 atom stereocenters. The molecule has 0 unspecified atom stereocenters. The quantitative estimate of drug-likeness (QED) is 0.861. The Labute approximate surface area is 132 Å². The summed E-state index contributed by atoms with van der Waals surface area (Å²) in [7, 11) is 1.61. The third kappa shape index (κ3) is 4.19. The molecule has 0 saturated carbocycles. The van der Waals surface area contributed by atoms with Gasteiger partial charge in [-0.05, 0) is 58.2 Å². The van der Waals surface area contributed by atoms with E-state index in [9.17, 15) is 4.39 Å². The second-order valence-corrected chi connectivity index (χ2v) is 5.40. The molecular weight excluding hydrogens is 337 g/mol. The highest BCUT2D eigenvalue weighted by Crippen LogP contribution is 2.26. The highest BCUT2D eigenvalue weighted by atomic mass is 79.9. The fourth-order valence-electron chi connectivity index (χ4n) is 1.95. The first-order valence-electron chi connectivity index (χ1n) is 6.57. The minimum absolute atomic E-state index is 0.288. The van der Waals surface area contributed by atoms with E-state index < -0.39 is 0 Å². The Morgan fingerprint density at radius 2 is 2.00 bits per heavy atom. The zero-order valence-electron chi connectivity index (χ0n) is 11.7. The highest BCUT2D eigenvalue weighted by Gasteiger charge is 2.07. The summed E-state index contributed by atoms with van der Waals surface area (Å²) in [6.45, 7) is 0.897. The molecule has 0 aliphatic rings. The van der Waals surface area contributed by atoms with Gasteiger partial charge in [0.25, 0.3) is 0 Å². The molecule has 0 bridgehead atoms. The number of methoxy groups -OCH3 is 1. The molecule has 5 heteroatoms. The third-order valence-corrected chi connectivity index (χ3v) is 3.67. The molecule has 0 heterocycles. The average Bonchev–Trinajstić information content (AvgIpc) is 2.50. The number of hydrogen-bond acceptors (Lipinski definition) is 3. The van der Waals surface area contributed by atoms with Crippen molar-refractivity contribution in [1.29, 1.82) is 0 Å². The predicted octanol–water partition coefficient (Wildman–Crippen LogP) is 3.68. The van der Waals surface area contributed by atoms with E-state index in [4.69, 9.17) is 15.2 Å². The van der Waals surface area contributed by atoms with Crippen LogP contribution >= 0.6 is 15.9 Å². The van der Waals surface area contributed by atoms with E-state index in [-0.39, 0.29) is 5.82 Å². The van der Waals surface area contributed by atoms with Crippen LogP contribution in [0.15, 0.2) is 40.9 Å². The number of ether oxygens (including phenoxy) is 2. The number of rotatable bonds is 6. The Kier molecular flexibility index (Phi) is 5.59. The largest absolute Gasteiger partial charge is 0.497 e. The van der Waals surface area contributed by atoms with Crippen molar-refractivity contribution < 1.29 is 13.9 Å². The third-order valence-electron chi connectivity index (χ3n) is 3.07. The Morgan fingerprint density at radius 1 is 1.19 bits per heavy atom. The van der Waals surface area contributed by atoms with Crippen LogP contribution in [0, 0.1) is 5.82 Å². The van der Waals surface area contributed by atoms with E-state index in [1.165, 1.54) is 6.07 Å². The van der Waals surface area contributed by atoms with Crippen LogP contribution in [-0.2, 0) is 13.0 Å². The molecule has 0 fully saturated rings. The van der Waals surface area contributed by atoms with Crippen LogP contribution in [0.3, 0.4) is 0 Å². The molecule has 2 aromatic rings. The fraction of sp³-hybridized carbons (Fsp3) is 0.250. The first-order valence-corrected chi connectivity index (χ1v) is 7.37. The minimum atomic E-state index is -0.288. The van der Waals surface area contributed by atoms with Gasteiger partial charge in [-0.25, -0.2) is 4.39 Å². The van der Waals surface area contributed by atoms with Crippen LogP contribution in [-0.4, -0.2) is 13.7 Å². The Hall–Kier alpha value is -1.59. The van der Waals surface area contributed by atoms with Crippen molar-refractivity contribution in [3.63, 3.8) is 0 Å². The molecule has 2 rings (SSSR count). The Bertz CT molecular complexity index is 619. The maximum Gasteiger partial charge on any atom is 0.137 e. The summed E-state index contributed by atoms with van der Waals surface area (Å²) < 4.78 is 24.7. The van der Waals surface area contributed by atoms with Crippen molar-refractivity contribution in [2.75, 3.05) is 13.7 Å². The smallest absolute Gasteiger partial charge is 0.137 e. The first kappa shape index (κ1) is 15.8. The summed E-state index contributed by atoms with van der Waals surface area (Å²) in [4.78, 5) is 0. The molecule has 0 spiro atoms. The highest BCUT2D eigenvalue weighted by molar-refractivity contribution is 9.10. The van der Waals surface area contributed by atoms with Gasteiger partial charge < -0.3 is 15.2 Å². The summed E-state index contributed by atoms with van der Waals surface area (Å²) in [6.07, 6.45) is 0.729. The van der Waals surface area contributed by atoms with E-state index >= 15 is 0 Å². The van der Waals surface area contributed by atoms with Crippen molar-refractivity contribution in [2.45, 2.75) is 13.0 Å². The van der Waals surface area contributed by atoms with Gasteiger partial charge in [-0.2, -0.15) is 0 Å². The molecule has 0 amide bonds. The lowest BCUT2D eigenvalue weighted by molar-refractivity contribution is 0.300. The van der Waals surface area contributed by atoms with Crippen molar-refractivity contribution in [3.8, 4) is 11.5 Å². The summed E-state index contributed by atoms with van der Waals surface area (Å²) in [5, 5.41) is 0. The predicted molar refractivity (Wildman–Crippen MR) is 84.2 cm³/mol. The van der Waals surface area contributed by atoms with Gasteiger partial charge in [-0.1, -0.05) is 12.1 Å². The lowest BCUT2D eigenvalue weighted by Crippen LogP contribution is -2.06. The monoisotopic (exact) mass is 353 g/mol. The van der Waals surface area contributed by atoms with Crippen molar-refractivity contribution in [2.24, 2.45) is 5.73 Å². The van der Waals surface area contributed by atoms with Crippen molar-refractivity contribution in [1.82, 2.24) is 0 Å². The normalized spacial score (nSPS) is 10.5. The van der Waals surface area contributed by atoms with Gasteiger partial charge in [-0.3, -0.25) is 0 Å². The summed E-state index contributed by atoms with van der Waals surface area (Å²) in [5.74, 6) is 1.18. The Balaban J connectivity index is 2.15. The van der Waals surface area contributed by atoms with E-state index in [1.54, 1.807) is 19.2 Å². The lowest BCUT2D eigenvalue weighted by Gasteiger charge is -2.13. The van der Waals surface area contributed by atoms with E-state index in [0.29, 0.717) is 17.6 Å². The van der Waals surface area contributed by atoms with Crippen LogP contribution < -0.4 is 15.2 Å². The molecule has 0 aliphatic carbocycles. The van der Waals surface area contributed by atoms with Gasteiger partial charge >= 0.3 is 0 Å². The maximum absolute atomic E-state index is 13.2. The van der Waals surface area contributed by atoms with E-state index in [2.05, 4.69) is 15.9 Å².